The van der Waals surface area contributed by atoms with E-state index in [1.54, 1.807) is 23.5 Å². The summed E-state index contributed by atoms with van der Waals surface area (Å²) in [5, 5.41) is 16.0. The average molecular weight is 914 g/mol. The Bertz CT molecular complexity index is 2770. The maximum absolute atomic E-state index is 13.7. The van der Waals surface area contributed by atoms with E-state index in [0.29, 0.717) is 41.0 Å². The summed E-state index contributed by atoms with van der Waals surface area (Å²) in [6, 6.07) is 19.5. The van der Waals surface area contributed by atoms with Crippen molar-refractivity contribution in [2.45, 2.75) is 65.0 Å². The maximum Gasteiger partial charge on any atom is 0.264 e. The van der Waals surface area contributed by atoms with Gasteiger partial charge in [0.2, 0.25) is 17.7 Å². The average Bonchev–Trinajstić information content (AvgIpc) is 3.88. The van der Waals surface area contributed by atoms with Crippen molar-refractivity contribution in [3.63, 3.8) is 0 Å². The number of piperidine rings is 2. The zero-order valence-electron chi connectivity index (χ0n) is 36.5. The van der Waals surface area contributed by atoms with Crippen molar-refractivity contribution < 1.29 is 24.0 Å². The van der Waals surface area contributed by atoms with E-state index in [4.69, 9.17) is 16.6 Å². The largest absolute Gasteiger partial charge is 0.372 e. The number of aryl methyl sites for hydroxylation is 2. The van der Waals surface area contributed by atoms with Crippen LogP contribution in [-0.2, 0) is 14.4 Å². The summed E-state index contributed by atoms with van der Waals surface area (Å²) in [6.45, 7) is 12.1. The summed E-state index contributed by atoms with van der Waals surface area (Å²) in [6.07, 6.45) is 2.43. The Kier molecular flexibility index (Phi) is 11.4. The minimum atomic E-state index is -0.988. The van der Waals surface area contributed by atoms with E-state index < -0.39 is 35.7 Å². The van der Waals surface area contributed by atoms with Crippen LogP contribution in [0.5, 0.6) is 0 Å². The van der Waals surface area contributed by atoms with Gasteiger partial charge in [-0.15, -0.1) is 21.5 Å². The SMILES string of the molecule is Cc1sc2c(c1C)C(c1ccc(Cl)cc1)=N[C@@H](CC(=O)Nc1ccc(N3CCC(CN4CCN(c5cccc6c5C(=O)N(C5CCC(=O)NC5=O)C6=O)CC4)CC3)cc1)c1nnc(C)n1-2. The van der Waals surface area contributed by atoms with Crippen molar-refractivity contribution in [3.05, 3.63) is 116 Å². The van der Waals surface area contributed by atoms with Gasteiger partial charge in [-0.2, -0.15) is 0 Å². The number of benzene rings is 3. The molecule has 7 heterocycles. The number of hydrogen-bond acceptors (Lipinski definition) is 12. The van der Waals surface area contributed by atoms with Crippen LogP contribution in [0, 0.1) is 26.7 Å². The van der Waals surface area contributed by atoms with Gasteiger partial charge in [0.05, 0.1) is 28.9 Å². The molecule has 2 atom stereocenters. The fraction of sp³-hybridized carbons (Fsp3) is 0.375. The number of fused-ring (bicyclic) bond motifs is 4. The van der Waals surface area contributed by atoms with Crippen LogP contribution in [0.4, 0.5) is 17.1 Å². The molecule has 0 spiro atoms. The first-order valence-electron chi connectivity index (χ1n) is 22.2. The van der Waals surface area contributed by atoms with Crippen LogP contribution in [0.3, 0.4) is 0 Å². The van der Waals surface area contributed by atoms with Crippen LogP contribution in [0.15, 0.2) is 71.7 Å². The number of imide groups is 2. The van der Waals surface area contributed by atoms with Gasteiger partial charge in [0, 0.05) is 84.6 Å². The molecule has 5 aliphatic rings. The Labute approximate surface area is 385 Å². The van der Waals surface area contributed by atoms with Gasteiger partial charge in [-0.1, -0.05) is 29.8 Å². The molecule has 0 saturated carbocycles. The molecular weight excluding hydrogens is 864 g/mol. The molecule has 10 rings (SSSR count). The Morgan fingerprint density at radius 3 is 2.29 bits per heavy atom. The van der Waals surface area contributed by atoms with E-state index in [1.807, 2.05) is 49.4 Å². The third-order valence-corrected chi connectivity index (χ3v) is 15.0. The number of thiophene rings is 1. The van der Waals surface area contributed by atoms with Crippen molar-refractivity contribution in [1.82, 2.24) is 29.9 Å². The second-order valence-corrected chi connectivity index (χ2v) is 19.2. The highest BCUT2D eigenvalue weighted by Gasteiger charge is 2.46. The van der Waals surface area contributed by atoms with Crippen molar-refractivity contribution in [3.8, 4) is 5.00 Å². The molecule has 15 nitrogen and oxygen atoms in total. The van der Waals surface area contributed by atoms with E-state index in [1.165, 1.54) is 4.88 Å². The van der Waals surface area contributed by atoms with Crippen molar-refractivity contribution in [1.29, 1.82) is 0 Å². The molecule has 5 aromatic rings. The van der Waals surface area contributed by atoms with Gasteiger partial charge in [0.1, 0.15) is 22.9 Å². The smallest absolute Gasteiger partial charge is 0.264 e. The van der Waals surface area contributed by atoms with E-state index in [0.717, 1.165) is 101 Å². The molecular formula is C48H49ClN10O5S. The molecule has 2 N–H and O–H groups in total. The normalized spacial score (nSPS) is 20.3. The number of halogens is 1. The minimum Gasteiger partial charge on any atom is -0.372 e. The van der Waals surface area contributed by atoms with E-state index in [-0.39, 0.29) is 25.2 Å². The van der Waals surface area contributed by atoms with E-state index in [9.17, 15) is 24.0 Å². The summed E-state index contributed by atoms with van der Waals surface area (Å²) in [4.78, 5) is 79.7. The van der Waals surface area contributed by atoms with Crippen LogP contribution >= 0.6 is 22.9 Å². The number of nitrogens with one attached hydrogen (secondary N) is 2. The lowest BCUT2D eigenvalue weighted by atomic mass is 9.95. The van der Waals surface area contributed by atoms with Crippen LogP contribution < -0.4 is 20.4 Å². The number of carbonyl (C=O) groups excluding carboxylic acids is 5. The molecule has 1 unspecified atom stereocenters. The number of aliphatic imine (C=N–C) groups is 1. The third-order valence-electron chi connectivity index (χ3n) is 13.5. The molecule has 17 heteroatoms. The number of rotatable bonds is 9. The van der Waals surface area contributed by atoms with Gasteiger partial charge in [0.15, 0.2) is 5.82 Å². The number of amides is 5. The zero-order chi connectivity index (χ0) is 45.1. The molecule has 0 bridgehead atoms. The molecule has 0 aliphatic carbocycles. The maximum atomic E-state index is 13.7. The molecule has 334 valence electrons. The van der Waals surface area contributed by atoms with Gasteiger partial charge >= 0.3 is 0 Å². The lowest BCUT2D eigenvalue weighted by Gasteiger charge is -2.40. The fourth-order valence-corrected chi connectivity index (χ4v) is 11.3. The summed E-state index contributed by atoms with van der Waals surface area (Å²) in [5.41, 5.74) is 7.10. The fourth-order valence-electron chi connectivity index (χ4n) is 9.95. The molecule has 3 fully saturated rings. The molecule has 5 amide bonds. The summed E-state index contributed by atoms with van der Waals surface area (Å²) in [5.74, 6) is -0.188. The van der Waals surface area contributed by atoms with Crippen LogP contribution in [-0.4, -0.2) is 112 Å². The van der Waals surface area contributed by atoms with E-state index in [2.05, 4.69) is 66.1 Å². The van der Waals surface area contributed by atoms with Crippen LogP contribution in [0.1, 0.15) is 92.1 Å². The predicted octanol–water partition coefficient (Wildman–Crippen LogP) is 6.27. The first-order valence-corrected chi connectivity index (χ1v) is 23.4. The Morgan fingerprint density at radius 2 is 1.57 bits per heavy atom. The number of carbonyl (C=O) groups is 5. The summed E-state index contributed by atoms with van der Waals surface area (Å²) >= 11 is 7.95. The number of nitrogens with zero attached hydrogens (tertiary/aromatic N) is 8. The summed E-state index contributed by atoms with van der Waals surface area (Å²) in [7, 11) is 0. The molecule has 3 saturated heterocycles. The van der Waals surface area contributed by atoms with Gasteiger partial charge in [-0.3, -0.25) is 48.6 Å². The Hall–Kier alpha value is -6.23. The standard InChI is InChI=1S/C48H49ClN10O5S/c1-27-28(2)65-48-41(27)43(31-7-9-32(49)10-8-31)51-36(44-54-53-29(3)58(44)48)25-40(61)50-33-11-13-34(14-12-33)56-19-17-30(18-20-56)26-55-21-23-57(24-22-55)37-6-4-5-35-42(37)47(64)59(46(35)63)38-15-16-39(60)52-45(38)62/h4-14,30,36,38H,15-26H2,1-3H3,(H,50,61)(H,52,60,62)/t36-,38?/m0/s1. The lowest BCUT2D eigenvalue weighted by molar-refractivity contribution is -0.136. The quantitative estimate of drug-likeness (QED) is 0.161. The lowest BCUT2D eigenvalue weighted by Crippen LogP contribution is -2.54. The third kappa shape index (κ3) is 8.01. The predicted molar refractivity (Wildman–Crippen MR) is 250 cm³/mol. The molecule has 2 aromatic heterocycles. The highest BCUT2D eigenvalue weighted by atomic mass is 35.5. The van der Waals surface area contributed by atoms with E-state index >= 15 is 0 Å². The number of hydrogen-bond donors (Lipinski definition) is 2. The topological polar surface area (TPSA) is 165 Å². The minimum absolute atomic E-state index is 0.0863. The first kappa shape index (κ1) is 42.7. The van der Waals surface area contributed by atoms with Crippen LogP contribution in [0.25, 0.3) is 5.00 Å². The summed E-state index contributed by atoms with van der Waals surface area (Å²) < 4.78 is 2.05. The molecule has 3 aromatic carbocycles. The van der Waals surface area contributed by atoms with Gasteiger partial charge < -0.3 is 15.1 Å². The number of anilines is 3. The first-order chi connectivity index (χ1) is 31.4. The highest BCUT2D eigenvalue weighted by molar-refractivity contribution is 7.15. The Balaban J connectivity index is 0.731. The second-order valence-electron chi connectivity index (χ2n) is 17.6. The highest BCUT2D eigenvalue weighted by Crippen LogP contribution is 2.40. The van der Waals surface area contributed by atoms with Gasteiger partial charge in [0.25, 0.3) is 11.8 Å². The van der Waals surface area contributed by atoms with Gasteiger partial charge in [-0.25, -0.2) is 0 Å². The molecule has 5 aliphatic heterocycles. The van der Waals surface area contributed by atoms with Crippen molar-refractivity contribution in [2.75, 3.05) is 60.9 Å². The monoisotopic (exact) mass is 912 g/mol. The van der Waals surface area contributed by atoms with Gasteiger partial charge in [-0.05, 0) is 100 Å². The van der Waals surface area contributed by atoms with Crippen molar-refractivity contribution in [2.24, 2.45) is 10.9 Å². The second kappa shape index (κ2) is 17.3. The molecule has 65 heavy (non-hydrogen) atoms. The molecule has 0 radical (unpaired) electrons. The van der Waals surface area contributed by atoms with Crippen LogP contribution in [0.2, 0.25) is 5.02 Å². The Morgan fingerprint density at radius 1 is 0.831 bits per heavy atom. The van der Waals surface area contributed by atoms with Crippen molar-refractivity contribution >= 4 is 75.2 Å². The number of piperazine rings is 1. The zero-order valence-corrected chi connectivity index (χ0v) is 38.0. The number of aromatic nitrogens is 3.